The van der Waals surface area contributed by atoms with Gasteiger partial charge in [0.05, 0.1) is 11.9 Å². The zero-order valence-corrected chi connectivity index (χ0v) is 8.25. The molecule has 0 amide bonds. The van der Waals surface area contributed by atoms with E-state index in [-0.39, 0.29) is 0 Å². The Kier molecular flexibility index (Phi) is 2.21. The molecule has 2 rings (SSSR count). The molecule has 0 bridgehead atoms. The van der Waals surface area contributed by atoms with Crippen molar-refractivity contribution in [3.8, 4) is 16.8 Å². The van der Waals surface area contributed by atoms with Gasteiger partial charge in [-0.2, -0.15) is 5.26 Å². The maximum Gasteiger partial charge on any atom is 0.144 e. The highest BCUT2D eigenvalue weighted by molar-refractivity contribution is 7.15. The van der Waals surface area contributed by atoms with Crippen molar-refractivity contribution >= 4 is 11.3 Å². The van der Waals surface area contributed by atoms with Crippen LogP contribution >= 0.6 is 11.3 Å². The second kappa shape index (κ2) is 3.52. The molecule has 0 aliphatic heterocycles. The van der Waals surface area contributed by atoms with E-state index in [1.165, 1.54) is 11.3 Å². The Bertz CT molecular complexity index is 483. The van der Waals surface area contributed by atoms with Crippen LogP contribution in [0, 0.1) is 18.3 Å². The third kappa shape index (κ3) is 1.47. The van der Waals surface area contributed by atoms with Gasteiger partial charge in [0.1, 0.15) is 21.6 Å². The molecule has 0 saturated heterocycles. The number of aromatic nitrogens is 3. The first-order valence-corrected chi connectivity index (χ1v) is 4.77. The molecule has 4 nitrogen and oxygen atoms in total. The second-order valence-corrected chi connectivity index (χ2v) is 3.64. The number of nitrogens with zero attached hydrogens (tertiary/aromatic N) is 4. The molecule has 14 heavy (non-hydrogen) atoms. The van der Waals surface area contributed by atoms with E-state index >= 15 is 0 Å². The molecule has 0 atom stereocenters. The summed E-state index contributed by atoms with van der Waals surface area (Å²) in [6.07, 6.45) is 4.85. The highest BCUT2D eigenvalue weighted by Gasteiger charge is 2.09. The molecule has 5 heteroatoms. The Morgan fingerprint density at radius 2 is 2.29 bits per heavy atom. The lowest BCUT2D eigenvalue weighted by Gasteiger charge is -1.90. The van der Waals surface area contributed by atoms with Gasteiger partial charge in [-0.1, -0.05) is 0 Å². The van der Waals surface area contributed by atoms with Crippen LogP contribution in [0.4, 0.5) is 0 Å². The van der Waals surface area contributed by atoms with Crippen LogP contribution in [-0.2, 0) is 0 Å². The van der Waals surface area contributed by atoms with Gasteiger partial charge in [-0.3, -0.25) is 9.97 Å². The highest BCUT2D eigenvalue weighted by atomic mass is 32.1. The fourth-order valence-corrected chi connectivity index (χ4v) is 1.84. The monoisotopic (exact) mass is 202 g/mol. The van der Waals surface area contributed by atoms with Crippen molar-refractivity contribution in [2.24, 2.45) is 0 Å². The van der Waals surface area contributed by atoms with Crippen LogP contribution < -0.4 is 0 Å². The largest absolute Gasteiger partial charge is 0.261 e. The van der Waals surface area contributed by atoms with Crippen molar-refractivity contribution in [3.63, 3.8) is 0 Å². The SMILES string of the molecule is Cc1nc(-c2cnccn2)sc1C#N. The molecule has 2 heterocycles. The number of thiazole rings is 1. The van der Waals surface area contributed by atoms with E-state index < -0.39 is 0 Å². The molecule has 0 radical (unpaired) electrons. The van der Waals surface area contributed by atoms with E-state index in [2.05, 4.69) is 21.0 Å². The number of rotatable bonds is 1. The first-order chi connectivity index (χ1) is 6.81. The van der Waals surface area contributed by atoms with E-state index in [1.807, 2.05) is 6.92 Å². The number of nitriles is 1. The van der Waals surface area contributed by atoms with Gasteiger partial charge in [-0.15, -0.1) is 11.3 Å². The van der Waals surface area contributed by atoms with Gasteiger partial charge in [0.2, 0.25) is 0 Å². The van der Waals surface area contributed by atoms with Gasteiger partial charge < -0.3 is 0 Å². The Morgan fingerprint density at radius 3 is 2.86 bits per heavy atom. The van der Waals surface area contributed by atoms with Crippen molar-refractivity contribution in [1.29, 1.82) is 5.26 Å². The summed E-state index contributed by atoms with van der Waals surface area (Å²) >= 11 is 1.34. The third-order valence-electron chi connectivity index (χ3n) is 1.68. The van der Waals surface area contributed by atoms with Crippen LogP contribution in [0.5, 0.6) is 0 Å². The zero-order valence-electron chi connectivity index (χ0n) is 7.43. The molecule has 0 aliphatic carbocycles. The van der Waals surface area contributed by atoms with Crippen LogP contribution in [0.25, 0.3) is 10.7 Å². The van der Waals surface area contributed by atoms with Crippen LogP contribution in [-0.4, -0.2) is 15.0 Å². The molecule has 0 saturated carbocycles. The summed E-state index contributed by atoms with van der Waals surface area (Å²) in [5.41, 5.74) is 1.46. The average Bonchev–Trinajstić information content (AvgIpc) is 2.61. The predicted molar refractivity (Wildman–Crippen MR) is 52.6 cm³/mol. The topological polar surface area (TPSA) is 62.5 Å². The Morgan fingerprint density at radius 1 is 1.43 bits per heavy atom. The second-order valence-electron chi connectivity index (χ2n) is 2.64. The minimum absolute atomic E-state index is 0.630. The predicted octanol–water partition coefficient (Wildman–Crippen LogP) is 1.78. The van der Waals surface area contributed by atoms with E-state index in [1.54, 1.807) is 18.6 Å². The van der Waals surface area contributed by atoms with Crippen molar-refractivity contribution in [2.75, 3.05) is 0 Å². The third-order valence-corrected chi connectivity index (χ3v) is 2.77. The Hall–Kier alpha value is -1.80. The van der Waals surface area contributed by atoms with E-state index in [9.17, 15) is 0 Å². The summed E-state index contributed by atoms with van der Waals surface area (Å²) < 4.78 is 0. The lowest BCUT2D eigenvalue weighted by atomic mass is 10.4. The fourth-order valence-electron chi connectivity index (χ4n) is 1.02. The number of hydrogen-bond acceptors (Lipinski definition) is 5. The molecular formula is C9H6N4S. The minimum Gasteiger partial charge on any atom is -0.261 e. The number of aryl methyl sites for hydroxylation is 1. The van der Waals surface area contributed by atoms with Crippen molar-refractivity contribution in [2.45, 2.75) is 6.92 Å². The summed E-state index contributed by atoms with van der Waals surface area (Å²) in [6.45, 7) is 1.81. The average molecular weight is 202 g/mol. The quantitative estimate of drug-likeness (QED) is 0.707. The highest BCUT2D eigenvalue weighted by Crippen LogP contribution is 2.24. The van der Waals surface area contributed by atoms with Crippen molar-refractivity contribution in [3.05, 3.63) is 29.2 Å². The van der Waals surface area contributed by atoms with E-state index in [0.29, 0.717) is 10.6 Å². The van der Waals surface area contributed by atoms with Crippen LogP contribution in [0.15, 0.2) is 18.6 Å². The standard InChI is InChI=1S/C9H6N4S/c1-6-8(4-10)14-9(13-6)7-5-11-2-3-12-7/h2-3,5H,1H3. The van der Waals surface area contributed by atoms with Crippen molar-refractivity contribution in [1.82, 2.24) is 15.0 Å². The van der Waals surface area contributed by atoms with Crippen LogP contribution in [0.1, 0.15) is 10.6 Å². The molecule has 68 valence electrons. The van der Waals surface area contributed by atoms with Gasteiger partial charge >= 0.3 is 0 Å². The first kappa shape index (κ1) is 8.78. The smallest absolute Gasteiger partial charge is 0.144 e. The Balaban J connectivity index is 2.50. The minimum atomic E-state index is 0.630. The first-order valence-electron chi connectivity index (χ1n) is 3.95. The molecular weight excluding hydrogens is 196 g/mol. The molecule has 2 aromatic heterocycles. The molecule has 0 fully saturated rings. The molecule has 0 spiro atoms. The summed E-state index contributed by atoms with van der Waals surface area (Å²) in [4.78, 5) is 12.9. The van der Waals surface area contributed by atoms with Gasteiger partial charge in [-0.25, -0.2) is 4.98 Å². The van der Waals surface area contributed by atoms with Gasteiger partial charge in [0.15, 0.2) is 0 Å². The molecule has 0 unspecified atom stereocenters. The lowest BCUT2D eigenvalue weighted by Crippen LogP contribution is -1.82. The Labute approximate surface area is 84.9 Å². The lowest BCUT2D eigenvalue weighted by molar-refractivity contribution is 1.18. The van der Waals surface area contributed by atoms with E-state index in [0.717, 1.165) is 10.7 Å². The van der Waals surface area contributed by atoms with Gasteiger partial charge in [-0.05, 0) is 6.92 Å². The maximum atomic E-state index is 8.76. The molecule has 2 aromatic rings. The normalized spacial score (nSPS) is 9.71. The summed E-state index contributed by atoms with van der Waals surface area (Å²) in [6, 6.07) is 2.09. The van der Waals surface area contributed by atoms with Gasteiger partial charge in [0.25, 0.3) is 0 Å². The molecule has 0 aromatic carbocycles. The maximum absolute atomic E-state index is 8.76. The summed E-state index contributed by atoms with van der Waals surface area (Å²) in [7, 11) is 0. The fraction of sp³-hybridized carbons (Fsp3) is 0.111. The van der Waals surface area contributed by atoms with Gasteiger partial charge in [0, 0.05) is 12.4 Å². The van der Waals surface area contributed by atoms with Crippen molar-refractivity contribution < 1.29 is 0 Å². The van der Waals surface area contributed by atoms with Crippen LogP contribution in [0.2, 0.25) is 0 Å². The summed E-state index contributed by atoms with van der Waals surface area (Å²) in [5, 5.41) is 9.51. The number of hydrogen-bond donors (Lipinski definition) is 0. The molecule has 0 aliphatic rings. The molecule has 0 N–H and O–H groups in total. The van der Waals surface area contributed by atoms with Crippen LogP contribution in [0.3, 0.4) is 0 Å². The summed E-state index contributed by atoms with van der Waals surface area (Å²) in [5.74, 6) is 0. The zero-order chi connectivity index (χ0) is 9.97. The van der Waals surface area contributed by atoms with E-state index in [4.69, 9.17) is 5.26 Å².